The summed E-state index contributed by atoms with van der Waals surface area (Å²) < 4.78 is 5.22. The van der Waals surface area contributed by atoms with E-state index < -0.39 is 6.04 Å². The summed E-state index contributed by atoms with van der Waals surface area (Å²) in [5.74, 6) is 1.01. The minimum Gasteiger partial charge on any atom is -0.497 e. The Morgan fingerprint density at radius 3 is 2.81 bits per heavy atom. The van der Waals surface area contributed by atoms with Gasteiger partial charge < -0.3 is 15.4 Å². The molecule has 26 heavy (non-hydrogen) atoms. The predicted molar refractivity (Wildman–Crippen MR) is 98.9 cm³/mol. The molecular weight excluding hydrogens is 332 g/mol. The lowest BCUT2D eigenvalue weighted by molar-refractivity contribution is -0.116. The highest BCUT2D eigenvalue weighted by Gasteiger charge is 2.19. The Balaban J connectivity index is 1.76. The lowest BCUT2D eigenvalue weighted by Gasteiger charge is -2.19. The molecule has 8 heteroatoms. The fourth-order valence-corrected chi connectivity index (χ4v) is 2.55. The molecule has 1 amide bonds. The minimum atomic E-state index is -0.402. The van der Waals surface area contributed by atoms with Crippen LogP contribution in [-0.2, 0) is 4.79 Å². The molecule has 0 saturated carbocycles. The molecule has 3 rings (SSSR count). The average Bonchev–Trinajstić information content (AvgIpc) is 3.21. The van der Waals surface area contributed by atoms with E-state index in [0.29, 0.717) is 23.5 Å². The van der Waals surface area contributed by atoms with Crippen LogP contribution in [0.3, 0.4) is 0 Å². The highest BCUT2D eigenvalue weighted by molar-refractivity contribution is 5.99. The van der Waals surface area contributed by atoms with Crippen LogP contribution in [0.15, 0.2) is 48.5 Å². The number of carbonyl (C=O) groups excluding carboxylic acids is 1. The van der Waals surface area contributed by atoms with Crippen molar-refractivity contribution in [1.82, 2.24) is 20.6 Å². The first-order chi connectivity index (χ1) is 12.7. The number of aromatic amines is 1. The zero-order valence-electron chi connectivity index (χ0n) is 14.6. The van der Waals surface area contributed by atoms with Crippen LogP contribution in [-0.4, -0.2) is 39.7 Å². The van der Waals surface area contributed by atoms with Crippen molar-refractivity contribution in [3.63, 3.8) is 0 Å². The number of ether oxygens (including phenoxy) is 1. The number of hydrogen-bond acceptors (Lipinski definition) is 6. The fraction of sp³-hybridized carbons (Fsp3) is 0.222. The Labute approximate surface area is 151 Å². The van der Waals surface area contributed by atoms with Gasteiger partial charge in [-0.1, -0.05) is 25.1 Å². The number of H-pyrrole nitrogens is 1. The summed E-state index contributed by atoms with van der Waals surface area (Å²) in [5.41, 5.74) is 2.15. The van der Waals surface area contributed by atoms with Crippen molar-refractivity contribution in [2.75, 3.05) is 17.7 Å². The first-order valence-corrected chi connectivity index (χ1v) is 8.25. The third-order valence-corrected chi connectivity index (χ3v) is 3.91. The van der Waals surface area contributed by atoms with Crippen LogP contribution in [0, 0.1) is 0 Å². The molecular formula is C18H20N6O2. The molecule has 0 bridgehead atoms. The zero-order chi connectivity index (χ0) is 18.4. The maximum Gasteiger partial charge on any atom is 0.246 e. The van der Waals surface area contributed by atoms with Gasteiger partial charge in [0.15, 0.2) is 0 Å². The number of nitrogens with one attached hydrogen (secondary N) is 3. The van der Waals surface area contributed by atoms with Crippen LogP contribution in [0.2, 0.25) is 0 Å². The monoisotopic (exact) mass is 352 g/mol. The Bertz CT molecular complexity index is 866. The van der Waals surface area contributed by atoms with E-state index in [1.165, 1.54) is 0 Å². The van der Waals surface area contributed by atoms with Crippen LogP contribution < -0.4 is 15.4 Å². The van der Waals surface area contributed by atoms with Crippen LogP contribution >= 0.6 is 0 Å². The lowest BCUT2D eigenvalue weighted by atomic mass is 10.1. The number of nitrogens with zero attached hydrogens (tertiary/aromatic N) is 3. The first kappa shape index (κ1) is 17.4. The van der Waals surface area contributed by atoms with Gasteiger partial charge in [0.2, 0.25) is 11.7 Å². The predicted octanol–water partition coefficient (Wildman–Crippen LogP) is 2.70. The van der Waals surface area contributed by atoms with Gasteiger partial charge in [0.25, 0.3) is 0 Å². The summed E-state index contributed by atoms with van der Waals surface area (Å²) in [6.07, 6.45) is 0.618. The normalized spacial score (nSPS) is 11.6. The van der Waals surface area contributed by atoms with E-state index in [-0.39, 0.29) is 5.91 Å². The van der Waals surface area contributed by atoms with E-state index in [9.17, 15) is 4.79 Å². The Morgan fingerprint density at radius 2 is 2.08 bits per heavy atom. The van der Waals surface area contributed by atoms with E-state index in [4.69, 9.17) is 4.74 Å². The smallest absolute Gasteiger partial charge is 0.246 e. The summed E-state index contributed by atoms with van der Waals surface area (Å²) in [7, 11) is 1.61. The van der Waals surface area contributed by atoms with Crippen molar-refractivity contribution in [2.45, 2.75) is 19.4 Å². The summed E-state index contributed by atoms with van der Waals surface area (Å²) in [6.45, 7) is 1.95. The van der Waals surface area contributed by atoms with Crippen LogP contribution in [0.25, 0.3) is 11.4 Å². The van der Waals surface area contributed by atoms with Gasteiger partial charge in [0.05, 0.1) is 12.8 Å². The third-order valence-electron chi connectivity index (χ3n) is 3.91. The van der Waals surface area contributed by atoms with Crippen LogP contribution in [0.1, 0.15) is 13.3 Å². The van der Waals surface area contributed by atoms with Crippen molar-refractivity contribution >= 4 is 17.3 Å². The van der Waals surface area contributed by atoms with Gasteiger partial charge in [-0.25, -0.2) is 0 Å². The van der Waals surface area contributed by atoms with Crippen molar-refractivity contribution in [1.29, 1.82) is 0 Å². The molecule has 0 saturated heterocycles. The number of methoxy groups -OCH3 is 1. The molecule has 2 aromatic carbocycles. The maximum atomic E-state index is 12.8. The Hall–Kier alpha value is -3.42. The summed E-state index contributed by atoms with van der Waals surface area (Å²) >= 11 is 0. The third kappa shape index (κ3) is 3.97. The van der Waals surface area contributed by atoms with Crippen molar-refractivity contribution in [2.24, 2.45) is 0 Å². The van der Waals surface area contributed by atoms with Gasteiger partial charge in [-0.3, -0.25) is 4.79 Å². The van der Waals surface area contributed by atoms with Crippen molar-refractivity contribution in [3.8, 4) is 17.1 Å². The number of hydrogen-bond donors (Lipinski definition) is 3. The number of benzene rings is 2. The van der Waals surface area contributed by atoms with Gasteiger partial charge in [-0.15, -0.1) is 10.2 Å². The van der Waals surface area contributed by atoms with Crippen molar-refractivity contribution < 1.29 is 9.53 Å². The molecule has 1 heterocycles. The molecule has 0 spiro atoms. The van der Waals surface area contributed by atoms with Gasteiger partial charge in [-0.2, -0.15) is 5.21 Å². The van der Waals surface area contributed by atoms with E-state index >= 15 is 0 Å². The number of tetrazole rings is 1. The maximum absolute atomic E-state index is 12.8. The topological polar surface area (TPSA) is 105 Å². The summed E-state index contributed by atoms with van der Waals surface area (Å²) in [6, 6.07) is 14.4. The SMILES string of the molecule is CC[C@H](Nc1cccc(OC)c1)C(=O)Nc1ccccc1-c1nn[nH]n1. The number of amides is 1. The first-order valence-electron chi connectivity index (χ1n) is 8.25. The quantitative estimate of drug-likeness (QED) is 0.604. The van der Waals surface area contributed by atoms with E-state index in [1.54, 1.807) is 7.11 Å². The second-order valence-corrected chi connectivity index (χ2v) is 5.61. The molecule has 134 valence electrons. The number of aromatic nitrogens is 4. The molecule has 8 nitrogen and oxygen atoms in total. The molecule has 0 unspecified atom stereocenters. The lowest BCUT2D eigenvalue weighted by Crippen LogP contribution is -2.34. The highest BCUT2D eigenvalue weighted by Crippen LogP contribution is 2.25. The van der Waals surface area contributed by atoms with Gasteiger partial charge in [0, 0.05) is 17.3 Å². The molecule has 0 aliphatic rings. The van der Waals surface area contributed by atoms with E-state index in [2.05, 4.69) is 31.3 Å². The molecule has 3 aromatic rings. The molecule has 0 aliphatic carbocycles. The molecule has 3 N–H and O–H groups in total. The van der Waals surface area contributed by atoms with Gasteiger partial charge in [0.1, 0.15) is 11.8 Å². The highest BCUT2D eigenvalue weighted by atomic mass is 16.5. The number of rotatable bonds is 7. The van der Waals surface area contributed by atoms with Crippen LogP contribution in [0.5, 0.6) is 5.75 Å². The van der Waals surface area contributed by atoms with E-state index in [0.717, 1.165) is 11.4 Å². The standard InChI is InChI=1S/C18H20N6O2/c1-3-15(19-12-7-6-8-13(11-12)26-2)18(25)20-16-10-5-4-9-14(16)17-21-23-24-22-17/h4-11,15,19H,3H2,1-2H3,(H,20,25)(H,21,22,23,24)/t15-/m0/s1. The van der Waals surface area contributed by atoms with E-state index in [1.807, 2.05) is 55.5 Å². The minimum absolute atomic E-state index is 0.147. The molecule has 1 atom stereocenters. The van der Waals surface area contributed by atoms with Crippen LogP contribution in [0.4, 0.5) is 11.4 Å². The van der Waals surface area contributed by atoms with Gasteiger partial charge in [-0.05, 0) is 35.9 Å². The second kappa shape index (κ2) is 8.11. The summed E-state index contributed by atoms with van der Waals surface area (Å²) in [4.78, 5) is 12.8. The summed E-state index contributed by atoms with van der Waals surface area (Å²) in [5, 5.41) is 20.1. The number of carbonyl (C=O) groups is 1. The number of para-hydroxylation sites is 1. The molecule has 1 aromatic heterocycles. The second-order valence-electron chi connectivity index (χ2n) is 5.61. The van der Waals surface area contributed by atoms with Crippen molar-refractivity contribution in [3.05, 3.63) is 48.5 Å². The number of anilines is 2. The average molecular weight is 352 g/mol. The largest absolute Gasteiger partial charge is 0.497 e. The Kier molecular flexibility index (Phi) is 5.43. The Morgan fingerprint density at radius 1 is 1.23 bits per heavy atom. The zero-order valence-corrected chi connectivity index (χ0v) is 14.6. The van der Waals surface area contributed by atoms with Gasteiger partial charge >= 0.3 is 0 Å². The fourth-order valence-electron chi connectivity index (χ4n) is 2.55. The molecule has 0 fully saturated rings. The molecule has 0 radical (unpaired) electrons. The molecule has 0 aliphatic heterocycles.